The van der Waals surface area contributed by atoms with Gasteiger partial charge in [-0.2, -0.15) is 0 Å². The largest absolute Gasteiger partial charge is 0.351 e. The van der Waals surface area contributed by atoms with E-state index in [0.717, 1.165) is 10.4 Å². The van der Waals surface area contributed by atoms with E-state index in [4.69, 9.17) is 5.73 Å². The van der Waals surface area contributed by atoms with E-state index in [1.807, 2.05) is 11.4 Å². The fourth-order valence-corrected chi connectivity index (χ4v) is 2.29. The highest BCUT2D eigenvalue weighted by atomic mass is 32.1. The van der Waals surface area contributed by atoms with E-state index in [1.54, 1.807) is 11.3 Å². The predicted molar refractivity (Wildman–Crippen MR) is 85.3 cm³/mol. The third kappa shape index (κ3) is 5.77. The molecule has 1 aromatic heterocycles. The summed E-state index contributed by atoms with van der Waals surface area (Å²) in [4.78, 5) is 13.0. The Kier molecular flexibility index (Phi) is 6.25. The third-order valence-corrected chi connectivity index (χ3v) is 4.36. The van der Waals surface area contributed by atoms with Crippen LogP contribution in [0.4, 0.5) is 0 Å². The molecule has 0 radical (unpaired) electrons. The van der Waals surface area contributed by atoms with Crippen molar-refractivity contribution in [2.45, 2.75) is 40.7 Å². The lowest BCUT2D eigenvalue weighted by Gasteiger charge is -2.26. The number of rotatable bonds is 4. The standard InChI is InChI=1S/C16H24N2OS/c1-12(16(2,3)4)8-15(19)18-10-14-9-13(11-20-14)6-5-7-17/h9,11-12H,7-8,10,17H2,1-4H3,(H,18,19). The van der Waals surface area contributed by atoms with Gasteiger partial charge in [0.2, 0.25) is 5.91 Å². The van der Waals surface area contributed by atoms with Crippen LogP contribution in [0.2, 0.25) is 0 Å². The Morgan fingerprint density at radius 2 is 2.20 bits per heavy atom. The van der Waals surface area contributed by atoms with Crippen molar-refractivity contribution in [1.82, 2.24) is 5.32 Å². The minimum absolute atomic E-state index is 0.107. The maximum atomic E-state index is 11.9. The Hall–Kier alpha value is -1.31. The summed E-state index contributed by atoms with van der Waals surface area (Å²) in [6.45, 7) is 9.54. The number of thiophene rings is 1. The molecule has 1 aromatic rings. The lowest BCUT2D eigenvalue weighted by atomic mass is 9.80. The summed E-state index contributed by atoms with van der Waals surface area (Å²) in [5.41, 5.74) is 6.46. The van der Waals surface area contributed by atoms with Gasteiger partial charge in [0.05, 0.1) is 13.1 Å². The Morgan fingerprint density at radius 3 is 2.80 bits per heavy atom. The molecular weight excluding hydrogens is 268 g/mol. The van der Waals surface area contributed by atoms with Gasteiger partial charge in [0.1, 0.15) is 0 Å². The fraction of sp³-hybridized carbons (Fsp3) is 0.562. The third-order valence-electron chi connectivity index (χ3n) is 3.42. The van der Waals surface area contributed by atoms with Gasteiger partial charge in [-0.3, -0.25) is 4.79 Å². The van der Waals surface area contributed by atoms with Crippen LogP contribution in [0.25, 0.3) is 0 Å². The van der Waals surface area contributed by atoms with Crippen molar-refractivity contribution in [2.24, 2.45) is 17.1 Å². The van der Waals surface area contributed by atoms with Gasteiger partial charge in [0, 0.05) is 22.2 Å². The van der Waals surface area contributed by atoms with Crippen LogP contribution in [0, 0.1) is 23.2 Å². The second kappa shape index (κ2) is 7.47. The Bertz CT molecular complexity index is 503. The van der Waals surface area contributed by atoms with Gasteiger partial charge < -0.3 is 11.1 Å². The molecule has 110 valence electrons. The van der Waals surface area contributed by atoms with E-state index >= 15 is 0 Å². The number of amides is 1. The minimum Gasteiger partial charge on any atom is -0.351 e. The number of hydrogen-bond acceptors (Lipinski definition) is 3. The molecule has 1 unspecified atom stereocenters. The molecule has 4 heteroatoms. The van der Waals surface area contributed by atoms with E-state index in [-0.39, 0.29) is 11.3 Å². The van der Waals surface area contributed by atoms with Crippen LogP contribution in [-0.4, -0.2) is 12.5 Å². The molecule has 0 bridgehead atoms. The molecule has 0 aliphatic rings. The summed E-state index contributed by atoms with van der Waals surface area (Å²) in [5.74, 6) is 6.27. The Balaban J connectivity index is 2.43. The zero-order valence-corrected chi connectivity index (χ0v) is 13.6. The van der Waals surface area contributed by atoms with E-state index in [9.17, 15) is 4.79 Å². The second-order valence-electron chi connectivity index (χ2n) is 6.06. The number of hydrogen-bond donors (Lipinski definition) is 2. The molecule has 0 aromatic carbocycles. The molecule has 0 fully saturated rings. The Morgan fingerprint density at radius 1 is 1.50 bits per heavy atom. The van der Waals surface area contributed by atoms with Crippen LogP contribution in [0.3, 0.4) is 0 Å². The molecule has 0 aliphatic heterocycles. The minimum atomic E-state index is 0.107. The van der Waals surface area contributed by atoms with Crippen LogP contribution < -0.4 is 11.1 Å². The molecule has 20 heavy (non-hydrogen) atoms. The fourth-order valence-electron chi connectivity index (χ4n) is 1.53. The molecule has 1 atom stereocenters. The maximum absolute atomic E-state index is 11.9. The van der Waals surface area contributed by atoms with E-state index in [2.05, 4.69) is 44.9 Å². The van der Waals surface area contributed by atoms with Crippen LogP contribution in [-0.2, 0) is 11.3 Å². The quantitative estimate of drug-likeness (QED) is 0.838. The van der Waals surface area contributed by atoms with Crippen molar-refractivity contribution in [2.75, 3.05) is 6.54 Å². The van der Waals surface area contributed by atoms with Crippen molar-refractivity contribution in [3.63, 3.8) is 0 Å². The highest BCUT2D eigenvalue weighted by Gasteiger charge is 2.22. The van der Waals surface area contributed by atoms with Gasteiger partial charge in [-0.25, -0.2) is 0 Å². The summed E-state index contributed by atoms with van der Waals surface area (Å²) >= 11 is 1.61. The summed E-state index contributed by atoms with van der Waals surface area (Å²) in [7, 11) is 0. The average Bonchev–Trinajstić information content (AvgIpc) is 2.80. The zero-order chi connectivity index (χ0) is 15.2. The Labute approximate surface area is 126 Å². The van der Waals surface area contributed by atoms with E-state index in [0.29, 0.717) is 25.4 Å². The first-order chi connectivity index (χ1) is 9.32. The van der Waals surface area contributed by atoms with Gasteiger partial charge in [0.15, 0.2) is 0 Å². The molecule has 0 spiro atoms. The van der Waals surface area contributed by atoms with Gasteiger partial charge in [-0.1, -0.05) is 39.5 Å². The lowest BCUT2D eigenvalue weighted by molar-refractivity contribution is -0.122. The highest BCUT2D eigenvalue weighted by Crippen LogP contribution is 2.27. The number of nitrogens with two attached hydrogens (primary N) is 1. The van der Waals surface area contributed by atoms with Crippen LogP contribution >= 0.6 is 11.3 Å². The van der Waals surface area contributed by atoms with Gasteiger partial charge in [-0.05, 0) is 17.4 Å². The summed E-state index contributed by atoms with van der Waals surface area (Å²) < 4.78 is 0. The van der Waals surface area contributed by atoms with Crippen LogP contribution in [0.5, 0.6) is 0 Å². The first-order valence-corrected chi connectivity index (χ1v) is 7.74. The van der Waals surface area contributed by atoms with Crippen molar-refractivity contribution in [1.29, 1.82) is 0 Å². The molecule has 3 N–H and O–H groups in total. The molecule has 3 nitrogen and oxygen atoms in total. The molecule has 0 saturated heterocycles. The van der Waals surface area contributed by atoms with Crippen LogP contribution in [0.15, 0.2) is 11.4 Å². The molecule has 1 amide bonds. The molecular formula is C16H24N2OS. The maximum Gasteiger partial charge on any atom is 0.220 e. The first kappa shape index (κ1) is 16.7. The molecule has 0 aliphatic carbocycles. The van der Waals surface area contributed by atoms with Gasteiger partial charge in [0.25, 0.3) is 0 Å². The number of carbonyl (C=O) groups excluding carboxylic acids is 1. The van der Waals surface area contributed by atoms with Gasteiger partial charge in [-0.15, -0.1) is 11.3 Å². The number of carbonyl (C=O) groups is 1. The van der Waals surface area contributed by atoms with E-state index in [1.165, 1.54) is 0 Å². The summed E-state index contributed by atoms with van der Waals surface area (Å²) in [6.07, 6.45) is 0.564. The predicted octanol–water partition coefficient (Wildman–Crippen LogP) is 2.75. The lowest BCUT2D eigenvalue weighted by Crippen LogP contribution is -2.28. The van der Waals surface area contributed by atoms with Crippen molar-refractivity contribution in [3.05, 3.63) is 21.9 Å². The molecule has 1 rings (SSSR count). The van der Waals surface area contributed by atoms with Crippen molar-refractivity contribution in [3.8, 4) is 11.8 Å². The molecule has 1 heterocycles. The number of nitrogens with one attached hydrogen (secondary N) is 1. The first-order valence-electron chi connectivity index (χ1n) is 6.86. The van der Waals surface area contributed by atoms with Crippen LogP contribution in [0.1, 0.15) is 44.6 Å². The normalized spacial score (nSPS) is 12.4. The highest BCUT2D eigenvalue weighted by molar-refractivity contribution is 7.10. The average molecular weight is 292 g/mol. The topological polar surface area (TPSA) is 55.1 Å². The van der Waals surface area contributed by atoms with Gasteiger partial charge >= 0.3 is 0 Å². The van der Waals surface area contributed by atoms with E-state index < -0.39 is 0 Å². The monoisotopic (exact) mass is 292 g/mol. The second-order valence-corrected chi connectivity index (χ2v) is 7.05. The molecule has 0 saturated carbocycles. The summed E-state index contributed by atoms with van der Waals surface area (Å²) in [5, 5.41) is 4.96. The SMILES string of the molecule is CC(CC(=O)NCc1cc(C#CCN)cs1)C(C)(C)C. The summed E-state index contributed by atoms with van der Waals surface area (Å²) in [6, 6.07) is 2.00. The smallest absolute Gasteiger partial charge is 0.220 e. The van der Waals surface area contributed by atoms with Crippen molar-refractivity contribution >= 4 is 17.2 Å². The zero-order valence-electron chi connectivity index (χ0n) is 12.7. The van der Waals surface area contributed by atoms with Crippen molar-refractivity contribution < 1.29 is 4.79 Å².